The van der Waals surface area contributed by atoms with Crippen LogP contribution in [0.5, 0.6) is 0 Å². The molecule has 1 saturated heterocycles. The highest BCUT2D eigenvalue weighted by atomic mass is 32.2. The first-order valence-corrected chi connectivity index (χ1v) is 17.5. The molecule has 2 heterocycles. The number of ether oxygens (including phenoxy) is 1. The van der Waals surface area contributed by atoms with Gasteiger partial charge in [0.25, 0.3) is 0 Å². The maximum absolute atomic E-state index is 13.9. The highest BCUT2D eigenvalue weighted by Crippen LogP contribution is 2.31. The summed E-state index contributed by atoms with van der Waals surface area (Å²) in [5.41, 5.74) is 2.65. The van der Waals surface area contributed by atoms with Crippen molar-refractivity contribution < 1.29 is 32.0 Å². The summed E-state index contributed by atoms with van der Waals surface area (Å²) in [6, 6.07) is 19.1. The van der Waals surface area contributed by atoms with Crippen LogP contribution < -0.4 is 16.0 Å². The number of nitrogens with one attached hydrogen (secondary N) is 3. The van der Waals surface area contributed by atoms with Crippen molar-refractivity contribution in [2.24, 2.45) is 5.92 Å². The Morgan fingerprint density at radius 3 is 1.98 bits per heavy atom. The van der Waals surface area contributed by atoms with Crippen LogP contribution >= 0.6 is 0 Å². The van der Waals surface area contributed by atoms with E-state index in [9.17, 15) is 22.8 Å². The lowest BCUT2D eigenvalue weighted by molar-refractivity contribution is -0.130. The first-order valence-electron chi connectivity index (χ1n) is 15.6. The van der Waals surface area contributed by atoms with Crippen molar-refractivity contribution in [1.29, 1.82) is 0 Å². The number of carbonyl (C=O) groups is 3. The second-order valence-electron chi connectivity index (χ2n) is 12.9. The molecule has 2 aromatic carbocycles. The van der Waals surface area contributed by atoms with Gasteiger partial charge in [-0.2, -0.15) is 0 Å². The van der Waals surface area contributed by atoms with Gasteiger partial charge in [0.05, 0.1) is 42.3 Å². The van der Waals surface area contributed by atoms with E-state index in [1.165, 1.54) is 26.4 Å². The van der Waals surface area contributed by atoms with Gasteiger partial charge in [0, 0.05) is 12.3 Å². The minimum absolute atomic E-state index is 0.0587. The minimum Gasteiger partial charge on any atom is -0.472 e. The zero-order valence-electron chi connectivity index (χ0n) is 27.1. The fraction of sp³-hybridized carbons (Fsp3) is 0.457. The van der Waals surface area contributed by atoms with Crippen molar-refractivity contribution in [2.75, 3.05) is 6.26 Å². The average Bonchev–Trinajstić information content (AvgIpc) is 3.56. The molecule has 1 aliphatic rings. The topological polar surface area (TPSA) is 147 Å². The summed E-state index contributed by atoms with van der Waals surface area (Å²) in [5.74, 6) is -1.11. The molecule has 0 radical (unpaired) electrons. The molecule has 0 aliphatic carbocycles. The van der Waals surface area contributed by atoms with Gasteiger partial charge in [0.15, 0.2) is 9.84 Å². The number of carbonyl (C=O) groups excluding carboxylic acids is 3. The van der Waals surface area contributed by atoms with Crippen LogP contribution in [0.3, 0.4) is 0 Å². The Balaban J connectivity index is 1.47. The van der Waals surface area contributed by atoms with Crippen LogP contribution in [0.25, 0.3) is 0 Å². The summed E-state index contributed by atoms with van der Waals surface area (Å²) in [7, 11) is -3.80. The molecule has 11 heteroatoms. The third-order valence-electron chi connectivity index (χ3n) is 8.64. The predicted octanol–water partition coefficient (Wildman–Crippen LogP) is 3.40. The van der Waals surface area contributed by atoms with E-state index in [-0.39, 0.29) is 30.7 Å². The third-order valence-corrected chi connectivity index (χ3v) is 10.8. The number of sulfone groups is 1. The van der Waals surface area contributed by atoms with Crippen LogP contribution in [0.1, 0.15) is 50.8 Å². The van der Waals surface area contributed by atoms with Gasteiger partial charge in [0.2, 0.25) is 17.7 Å². The molecule has 0 bridgehead atoms. The van der Waals surface area contributed by atoms with E-state index in [0.717, 1.165) is 17.4 Å². The number of hydrogen-bond acceptors (Lipinski definition) is 7. The molecule has 3 aromatic rings. The maximum atomic E-state index is 13.9. The van der Waals surface area contributed by atoms with Gasteiger partial charge in [-0.1, -0.05) is 74.5 Å². The molecule has 5 atom stereocenters. The Labute approximate surface area is 271 Å². The SMILES string of the molecule is CC(C)C(Cc1ccccc1)NC(=O)C[C@@H]1O[C@@H]1[C@H](Cc1ccccc1)NC(=O)[C@@H](NC(=O)Cc1ccoc1)C(C)(C)S(C)(=O)=O. The van der Waals surface area contributed by atoms with E-state index >= 15 is 0 Å². The Kier molecular flexibility index (Phi) is 11.4. The van der Waals surface area contributed by atoms with Gasteiger partial charge in [-0.3, -0.25) is 14.4 Å². The molecule has 0 saturated carbocycles. The van der Waals surface area contributed by atoms with Crippen molar-refractivity contribution in [3.8, 4) is 0 Å². The number of rotatable bonds is 16. The summed E-state index contributed by atoms with van der Waals surface area (Å²) < 4.78 is 35.0. The van der Waals surface area contributed by atoms with Crippen molar-refractivity contribution in [2.45, 2.75) is 88.5 Å². The number of amides is 3. The molecule has 248 valence electrons. The van der Waals surface area contributed by atoms with E-state index in [1.807, 2.05) is 60.7 Å². The van der Waals surface area contributed by atoms with E-state index in [2.05, 4.69) is 29.8 Å². The largest absolute Gasteiger partial charge is 0.472 e. The molecule has 1 unspecified atom stereocenters. The number of furan rings is 1. The lowest BCUT2D eigenvalue weighted by Crippen LogP contribution is -2.62. The van der Waals surface area contributed by atoms with Gasteiger partial charge in [0.1, 0.15) is 12.1 Å². The molecule has 0 spiro atoms. The van der Waals surface area contributed by atoms with E-state index in [4.69, 9.17) is 9.15 Å². The van der Waals surface area contributed by atoms with Gasteiger partial charge in [-0.15, -0.1) is 0 Å². The van der Waals surface area contributed by atoms with E-state index in [1.54, 1.807) is 6.07 Å². The highest BCUT2D eigenvalue weighted by Gasteiger charge is 2.49. The first-order chi connectivity index (χ1) is 21.7. The summed E-state index contributed by atoms with van der Waals surface area (Å²) in [4.78, 5) is 40.0. The molecule has 3 N–H and O–H groups in total. The van der Waals surface area contributed by atoms with Gasteiger partial charge in [-0.05, 0) is 55.4 Å². The van der Waals surface area contributed by atoms with Crippen molar-refractivity contribution in [1.82, 2.24) is 16.0 Å². The standard InChI is InChI=1S/C35H45N3O7S/c1-23(2)27(18-24-12-8-6-9-13-24)36-31(40)21-29-32(45-29)28(19-25-14-10-7-11-15-25)37-34(41)33(35(3,4)46(5,42)43)38-30(39)20-26-16-17-44-22-26/h6-17,22-23,27-29,32-33H,18-21H2,1-5H3,(H,36,40)(H,37,41)(H,38,39)/t27?,28-,29-,32+,33+/m0/s1. The number of hydrogen-bond donors (Lipinski definition) is 3. The van der Waals surface area contributed by atoms with Crippen LogP contribution in [-0.2, 0) is 48.2 Å². The quantitative estimate of drug-likeness (QED) is 0.201. The van der Waals surface area contributed by atoms with Crippen LogP contribution in [0.4, 0.5) is 0 Å². The monoisotopic (exact) mass is 651 g/mol. The fourth-order valence-corrected chi connectivity index (χ4v) is 5.98. The summed E-state index contributed by atoms with van der Waals surface area (Å²) in [6.07, 6.45) is 4.08. The van der Waals surface area contributed by atoms with Crippen LogP contribution in [0.15, 0.2) is 83.7 Å². The molecule has 1 aliphatic heterocycles. The summed E-state index contributed by atoms with van der Waals surface area (Å²) in [6.45, 7) is 6.97. The Hall–Kier alpha value is -3.96. The Morgan fingerprint density at radius 1 is 0.826 bits per heavy atom. The molecule has 1 fully saturated rings. The second kappa shape index (κ2) is 15.1. The Bertz CT molecular complexity index is 1560. The number of benzene rings is 2. The van der Waals surface area contributed by atoms with Crippen LogP contribution in [-0.4, -0.2) is 67.5 Å². The molecular formula is C35H45N3O7S. The fourth-order valence-electron chi connectivity index (χ4n) is 5.39. The Morgan fingerprint density at radius 2 is 1.43 bits per heavy atom. The zero-order valence-corrected chi connectivity index (χ0v) is 27.9. The lowest BCUT2D eigenvalue weighted by atomic mass is 9.95. The van der Waals surface area contributed by atoms with Crippen molar-refractivity contribution >= 4 is 27.6 Å². The highest BCUT2D eigenvalue weighted by molar-refractivity contribution is 7.92. The van der Waals surface area contributed by atoms with Gasteiger partial charge in [-0.25, -0.2) is 8.42 Å². The predicted molar refractivity (Wildman–Crippen MR) is 176 cm³/mol. The number of epoxide rings is 1. The van der Waals surface area contributed by atoms with Crippen molar-refractivity contribution in [3.63, 3.8) is 0 Å². The third kappa shape index (κ3) is 9.53. The minimum atomic E-state index is -3.80. The van der Waals surface area contributed by atoms with Gasteiger partial charge >= 0.3 is 0 Å². The summed E-state index contributed by atoms with van der Waals surface area (Å²) >= 11 is 0. The molecule has 1 aromatic heterocycles. The van der Waals surface area contributed by atoms with Crippen LogP contribution in [0.2, 0.25) is 0 Å². The van der Waals surface area contributed by atoms with Gasteiger partial charge < -0.3 is 25.1 Å². The zero-order chi connectivity index (χ0) is 33.5. The summed E-state index contributed by atoms with van der Waals surface area (Å²) in [5, 5.41) is 8.77. The van der Waals surface area contributed by atoms with E-state index in [0.29, 0.717) is 18.4 Å². The molecule has 10 nitrogen and oxygen atoms in total. The first kappa shape index (κ1) is 34.9. The second-order valence-corrected chi connectivity index (χ2v) is 15.5. The smallest absolute Gasteiger partial charge is 0.244 e. The van der Waals surface area contributed by atoms with Crippen LogP contribution in [0, 0.1) is 5.92 Å². The average molecular weight is 652 g/mol. The molecule has 4 rings (SSSR count). The molecule has 3 amide bonds. The lowest BCUT2D eigenvalue weighted by Gasteiger charge is -2.33. The van der Waals surface area contributed by atoms with Crippen molar-refractivity contribution in [3.05, 3.63) is 95.9 Å². The molecule has 46 heavy (non-hydrogen) atoms. The maximum Gasteiger partial charge on any atom is 0.244 e. The normalized spacial score (nSPS) is 18.3. The van der Waals surface area contributed by atoms with E-state index < -0.39 is 50.7 Å². The molecular weight excluding hydrogens is 606 g/mol.